The fraction of sp³-hybridized carbons (Fsp3) is 0.231. The molecule has 6 heteroatoms. The van der Waals surface area contributed by atoms with Gasteiger partial charge in [0, 0.05) is 11.8 Å². The van der Waals surface area contributed by atoms with E-state index in [1.54, 1.807) is 6.07 Å². The Morgan fingerprint density at radius 3 is 2.63 bits per heavy atom. The lowest BCUT2D eigenvalue weighted by molar-refractivity contribution is 0.340. The molecule has 2 N–H and O–H groups in total. The van der Waals surface area contributed by atoms with Gasteiger partial charge in [0.1, 0.15) is 11.5 Å². The summed E-state index contributed by atoms with van der Waals surface area (Å²) in [5, 5.41) is 10.2. The lowest BCUT2D eigenvalue weighted by Crippen LogP contribution is -2.19. The summed E-state index contributed by atoms with van der Waals surface area (Å²) >= 11 is 5.18. The molecule has 0 unspecified atom stereocenters. The highest BCUT2D eigenvalue weighted by Gasteiger charge is 2.03. The van der Waals surface area contributed by atoms with Gasteiger partial charge in [-0.15, -0.1) is 0 Å². The molecule has 0 aliphatic carbocycles. The molecule has 0 bridgehead atoms. The second-order valence-electron chi connectivity index (χ2n) is 3.86. The number of nitrogens with zero attached hydrogens (tertiary/aromatic N) is 1. The molecular formula is C13H15N3O2S. The second kappa shape index (κ2) is 6.19. The maximum Gasteiger partial charge on any atom is 0.176 e. The number of aromatic nitrogens is 1. The monoisotopic (exact) mass is 277 g/mol. The van der Waals surface area contributed by atoms with Crippen molar-refractivity contribution in [3.8, 4) is 5.75 Å². The molecule has 19 heavy (non-hydrogen) atoms. The highest BCUT2D eigenvalue weighted by Crippen LogP contribution is 2.16. The number of thiocarbonyl (C=S) groups is 1. The first-order valence-corrected chi connectivity index (χ1v) is 6.32. The number of hydrogen-bond donors (Lipinski definition) is 2. The summed E-state index contributed by atoms with van der Waals surface area (Å²) < 4.78 is 10.3. The molecule has 0 aliphatic heterocycles. The van der Waals surface area contributed by atoms with Crippen LogP contribution in [0.15, 0.2) is 34.9 Å². The predicted octanol–water partition coefficient (Wildman–Crippen LogP) is 3.19. The number of ether oxygens (including phenoxy) is 1. The molecule has 0 amide bonds. The van der Waals surface area contributed by atoms with Crippen molar-refractivity contribution in [2.24, 2.45) is 0 Å². The molecule has 0 saturated heterocycles. The van der Waals surface area contributed by atoms with Crippen molar-refractivity contribution < 1.29 is 9.26 Å². The number of rotatable bonds is 4. The van der Waals surface area contributed by atoms with Gasteiger partial charge in [-0.25, -0.2) is 0 Å². The predicted molar refractivity (Wildman–Crippen MR) is 78.7 cm³/mol. The standard InChI is InChI=1S/C13H15N3O2S/c1-3-17-11-6-4-10(5-7-11)14-13(19)15-12-8-9(2)18-16-12/h4-8H,3H2,1-2H3,(H2,14,15,16,19). The Labute approximate surface area is 116 Å². The smallest absolute Gasteiger partial charge is 0.176 e. The summed E-state index contributed by atoms with van der Waals surface area (Å²) in [6.07, 6.45) is 0. The van der Waals surface area contributed by atoms with E-state index < -0.39 is 0 Å². The minimum Gasteiger partial charge on any atom is -0.494 e. The maximum absolute atomic E-state index is 5.37. The van der Waals surface area contributed by atoms with Gasteiger partial charge in [0.25, 0.3) is 0 Å². The van der Waals surface area contributed by atoms with Crippen molar-refractivity contribution in [1.29, 1.82) is 0 Å². The van der Waals surface area contributed by atoms with Crippen LogP contribution in [0.5, 0.6) is 5.75 Å². The Balaban J connectivity index is 1.91. The van der Waals surface area contributed by atoms with Gasteiger partial charge in [0.2, 0.25) is 0 Å². The molecule has 0 aliphatic rings. The minimum atomic E-state index is 0.456. The summed E-state index contributed by atoms with van der Waals surface area (Å²) in [6.45, 7) is 4.42. The van der Waals surface area contributed by atoms with Gasteiger partial charge in [-0.2, -0.15) is 0 Å². The summed E-state index contributed by atoms with van der Waals surface area (Å²) in [6, 6.07) is 9.33. The average Bonchev–Trinajstić information content (AvgIpc) is 2.77. The molecule has 1 aromatic carbocycles. The quantitative estimate of drug-likeness (QED) is 0.837. The highest BCUT2D eigenvalue weighted by molar-refractivity contribution is 7.80. The Bertz CT molecular complexity index is 551. The molecule has 1 aromatic heterocycles. The van der Waals surface area contributed by atoms with Gasteiger partial charge in [0.15, 0.2) is 10.9 Å². The number of hydrogen-bond acceptors (Lipinski definition) is 4. The van der Waals surface area contributed by atoms with Crippen LogP contribution >= 0.6 is 12.2 Å². The molecule has 0 spiro atoms. The van der Waals surface area contributed by atoms with Crippen molar-refractivity contribution in [1.82, 2.24) is 5.16 Å². The molecule has 100 valence electrons. The summed E-state index contributed by atoms with van der Waals surface area (Å²) in [7, 11) is 0. The highest BCUT2D eigenvalue weighted by atomic mass is 32.1. The third-order valence-corrected chi connectivity index (χ3v) is 2.50. The van der Waals surface area contributed by atoms with Crippen molar-refractivity contribution >= 4 is 28.8 Å². The Morgan fingerprint density at radius 2 is 2.05 bits per heavy atom. The summed E-state index contributed by atoms with van der Waals surface area (Å²) in [5.74, 6) is 2.14. The summed E-state index contributed by atoms with van der Waals surface area (Å²) in [4.78, 5) is 0. The fourth-order valence-electron chi connectivity index (χ4n) is 1.51. The van der Waals surface area contributed by atoms with E-state index in [0.29, 0.717) is 17.5 Å². The van der Waals surface area contributed by atoms with E-state index in [0.717, 1.165) is 17.2 Å². The van der Waals surface area contributed by atoms with Crippen molar-refractivity contribution in [3.05, 3.63) is 36.1 Å². The van der Waals surface area contributed by atoms with Crippen LogP contribution in [0, 0.1) is 6.92 Å². The average molecular weight is 277 g/mol. The largest absolute Gasteiger partial charge is 0.494 e. The van der Waals surface area contributed by atoms with Crippen LogP contribution in [0.1, 0.15) is 12.7 Å². The minimum absolute atomic E-state index is 0.456. The molecule has 0 fully saturated rings. The van der Waals surface area contributed by atoms with Gasteiger partial charge in [0.05, 0.1) is 6.61 Å². The summed E-state index contributed by atoms with van der Waals surface area (Å²) in [5.41, 5.74) is 0.876. The van der Waals surface area contributed by atoms with Crippen LogP contribution in [0.25, 0.3) is 0 Å². The zero-order valence-electron chi connectivity index (χ0n) is 10.8. The zero-order chi connectivity index (χ0) is 13.7. The SMILES string of the molecule is CCOc1ccc(NC(=S)Nc2cc(C)on2)cc1. The molecule has 0 radical (unpaired) electrons. The lowest BCUT2D eigenvalue weighted by atomic mass is 10.3. The molecule has 0 saturated carbocycles. The number of aryl methyl sites for hydroxylation is 1. The molecular weight excluding hydrogens is 262 g/mol. The first-order valence-electron chi connectivity index (χ1n) is 5.91. The van der Waals surface area contributed by atoms with Crippen molar-refractivity contribution in [2.75, 3.05) is 17.2 Å². The van der Waals surface area contributed by atoms with Crippen molar-refractivity contribution in [3.63, 3.8) is 0 Å². The zero-order valence-corrected chi connectivity index (χ0v) is 11.6. The number of anilines is 2. The van der Waals surface area contributed by atoms with Crippen LogP contribution in [0.4, 0.5) is 11.5 Å². The molecule has 2 aromatic rings. The van der Waals surface area contributed by atoms with E-state index in [-0.39, 0.29) is 0 Å². The molecule has 1 heterocycles. The van der Waals surface area contributed by atoms with Gasteiger partial charge in [-0.05, 0) is 50.3 Å². The van der Waals surface area contributed by atoms with Crippen molar-refractivity contribution in [2.45, 2.75) is 13.8 Å². The lowest BCUT2D eigenvalue weighted by Gasteiger charge is -2.09. The third kappa shape index (κ3) is 3.96. The van der Waals surface area contributed by atoms with E-state index in [2.05, 4.69) is 15.8 Å². The fourth-order valence-corrected chi connectivity index (χ4v) is 1.73. The van der Waals surface area contributed by atoms with Gasteiger partial charge in [-0.3, -0.25) is 0 Å². The van der Waals surface area contributed by atoms with Gasteiger partial charge >= 0.3 is 0 Å². The molecule has 5 nitrogen and oxygen atoms in total. The Hall–Kier alpha value is -2.08. The topological polar surface area (TPSA) is 59.3 Å². The van der Waals surface area contributed by atoms with Crippen LogP contribution in [-0.2, 0) is 0 Å². The number of benzene rings is 1. The first kappa shape index (κ1) is 13.4. The van der Waals surface area contributed by atoms with E-state index in [1.165, 1.54) is 0 Å². The Kier molecular flexibility index (Phi) is 4.35. The number of nitrogens with one attached hydrogen (secondary N) is 2. The van der Waals surface area contributed by atoms with Crippen LogP contribution in [-0.4, -0.2) is 16.9 Å². The third-order valence-electron chi connectivity index (χ3n) is 2.29. The van der Waals surface area contributed by atoms with Crippen LogP contribution in [0.3, 0.4) is 0 Å². The van der Waals surface area contributed by atoms with Crippen LogP contribution in [0.2, 0.25) is 0 Å². The van der Waals surface area contributed by atoms with Gasteiger partial charge in [-0.1, -0.05) is 5.16 Å². The molecule has 2 rings (SSSR count). The van der Waals surface area contributed by atoms with E-state index in [1.807, 2.05) is 38.1 Å². The first-order chi connectivity index (χ1) is 9.17. The normalized spacial score (nSPS) is 10.0. The van der Waals surface area contributed by atoms with Gasteiger partial charge < -0.3 is 19.9 Å². The van der Waals surface area contributed by atoms with E-state index >= 15 is 0 Å². The Morgan fingerprint density at radius 1 is 1.32 bits per heavy atom. The van der Waals surface area contributed by atoms with E-state index in [4.69, 9.17) is 21.5 Å². The molecule has 0 atom stereocenters. The van der Waals surface area contributed by atoms with E-state index in [9.17, 15) is 0 Å². The van der Waals surface area contributed by atoms with Crippen LogP contribution < -0.4 is 15.4 Å². The second-order valence-corrected chi connectivity index (χ2v) is 4.27. The maximum atomic E-state index is 5.37.